The minimum Gasteiger partial charge on any atom is -0.496 e. The molecule has 2 aromatic heterocycles. The van der Waals surface area contributed by atoms with Crippen LogP contribution < -0.4 is 20.7 Å². The number of benzene rings is 1. The highest BCUT2D eigenvalue weighted by Crippen LogP contribution is 2.49. The van der Waals surface area contributed by atoms with Crippen molar-refractivity contribution in [3.63, 3.8) is 0 Å². The van der Waals surface area contributed by atoms with Gasteiger partial charge in [0, 0.05) is 37.8 Å². The van der Waals surface area contributed by atoms with E-state index in [1.807, 2.05) is 20.8 Å². The largest absolute Gasteiger partial charge is 0.496 e. The molecule has 42 heavy (non-hydrogen) atoms. The predicted octanol–water partition coefficient (Wildman–Crippen LogP) is 6.05. The van der Waals surface area contributed by atoms with Crippen molar-refractivity contribution < 1.29 is 31.9 Å². The maximum Gasteiger partial charge on any atom is 0.417 e. The van der Waals surface area contributed by atoms with E-state index in [1.54, 1.807) is 20.1 Å². The topological polar surface area (TPSA) is 119 Å². The molecule has 14 heteroatoms. The van der Waals surface area contributed by atoms with E-state index in [4.69, 9.17) is 9.16 Å². The molecule has 1 atom stereocenters. The van der Waals surface area contributed by atoms with Crippen LogP contribution in [0.15, 0.2) is 24.4 Å². The first-order valence-electron chi connectivity index (χ1n) is 13.6. The van der Waals surface area contributed by atoms with E-state index in [1.165, 1.54) is 43.2 Å². The zero-order chi connectivity index (χ0) is 31.2. The Morgan fingerprint density at radius 2 is 1.83 bits per heavy atom. The molecule has 0 saturated heterocycles. The number of hydrogen-bond donors (Lipinski definition) is 3. The second kappa shape index (κ2) is 11.2. The second-order valence-electron chi connectivity index (χ2n) is 11.9. The fourth-order valence-corrected chi connectivity index (χ4v) is 5.48. The molecule has 1 aromatic carbocycles. The maximum absolute atomic E-state index is 14.6. The summed E-state index contributed by atoms with van der Waals surface area (Å²) in [6.07, 6.45) is -4.05. The molecule has 0 unspecified atom stereocenters. The molecule has 0 aliphatic heterocycles. The van der Waals surface area contributed by atoms with Crippen LogP contribution in [0.5, 0.6) is 5.75 Å². The van der Waals surface area contributed by atoms with Crippen molar-refractivity contribution in [2.45, 2.75) is 64.0 Å². The number of aryl methyl sites for hydroxylation is 1. The molecule has 1 fully saturated rings. The van der Waals surface area contributed by atoms with Gasteiger partial charge in [0.05, 0.1) is 29.3 Å². The number of hydrogen-bond acceptors (Lipinski definition) is 7. The highest BCUT2D eigenvalue weighted by atomic mass is 28.4. The van der Waals surface area contributed by atoms with Gasteiger partial charge in [-0.25, -0.2) is 4.98 Å². The minimum atomic E-state index is -4.72. The Labute approximate surface area is 243 Å². The summed E-state index contributed by atoms with van der Waals surface area (Å²) in [6.45, 7) is 9.14. The molecular weight excluding hydrogens is 569 g/mol. The Morgan fingerprint density at radius 1 is 1.17 bits per heavy atom. The van der Waals surface area contributed by atoms with Crippen molar-refractivity contribution in [1.82, 2.24) is 20.1 Å². The van der Waals surface area contributed by atoms with Gasteiger partial charge < -0.3 is 25.1 Å². The number of amides is 2. The molecule has 2 heterocycles. The standard InChI is InChI=1S/C28H37F3N6O4Si/c1-27(2,3)42(7,8)41-23(28(29,30)31)16-11-12-19-21(22(16)40-6)24(36-37(19)5)34-18-13-20(35-25(38)15-9-10-15)33-14-17(18)26(39)32-4/h11-15,23H,9-10H2,1-8H3,(H,32,39)(H2,33,34,35,36,38)/t23-/m0/s1. The van der Waals surface area contributed by atoms with E-state index in [9.17, 15) is 22.8 Å². The van der Waals surface area contributed by atoms with Crippen LogP contribution in [0.1, 0.15) is 55.6 Å². The van der Waals surface area contributed by atoms with Crippen molar-refractivity contribution >= 4 is 48.4 Å². The summed E-state index contributed by atoms with van der Waals surface area (Å²) in [5.41, 5.74) is 0.694. The Balaban J connectivity index is 1.85. The third kappa shape index (κ3) is 6.23. The molecule has 4 rings (SSSR count). The van der Waals surface area contributed by atoms with Gasteiger partial charge in [0.2, 0.25) is 5.91 Å². The van der Waals surface area contributed by atoms with Crippen molar-refractivity contribution in [1.29, 1.82) is 0 Å². The van der Waals surface area contributed by atoms with Gasteiger partial charge in [-0.05, 0) is 37.0 Å². The average molecular weight is 607 g/mol. The summed E-state index contributed by atoms with van der Waals surface area (Å²) < 4.78 is 56.9. The normalized spacial score (nSPS) is 14.9. The highest BCUT2D eigenvalue weighted by molar-refractivity contribution is 6.74. The Morgan fingerprint density at radius 3 is 2.38 bits per heavy atom. The molecule has 2 amide bonds. The lowest BCUT2D eigenvalue weighted by Gasteiger charge is -2.40. The first-order valence-corrected chi connectivity index (χ1v) is 16.5. The van der Waals surface area contributed by atoms with Crippen LogP contribution >= 0.6 is 0 Å². The number of aromatic nitrogens is 3. The van der Waals surface area contributed by atoms with Crippen molar-refractivity contribution in [2.24, 2.45) is 13.0 Å². The number of nitrogens with one attached hydrogen (secondary N) is 3. The number of alkyl halides is 3. The van der Waals surface area contributed by atoms with Crippen LogP contribution in [-0.4, -0.2) is 55.2 Å². The van der Waals surface area contributed by atoms with Crippen molar-refractivity contribution in [3.8, 4) is 5.75 Å². The van der Waals surface area contributed by atoms with Crippen LogP contribution in [-0.2, 0) is 16.3 Å². The summed E-state index contributed by atoms with van der Waals surface area (Å²) in [4.78, 5) is 29.2. The highest BCUT2D eigenvalue weighted by Gasteiger charge is 2.50. The minimum absolute atomic E-state index is 0.0538. The lowest BCUT2D eigenvalue weighted by molar-refractivity contribution is -0.201. The number of carbonyl (C=O) groups excluding carboxylic acids is 2. The first-order chi connectivity index (χ1) is 19.5. The number of methoxy groups -OCH3 is 1. The Kier molecular flexibility index (Phi) is 8.35. The number of halogens is 3. The van der Waals surface area contributed by atoms with Gasteiger partial charge in [-0.15, -0.1) is 0 Å². The van der Waals surface area contributed by atoms with E-state index >= 15 is 0 Å². The molecule has 3 N–H and O–H groups in total. The molecule has 10 nitrogen and oxygen atoms in total. The van der Waals surface area contributed by atoms with Gasteiger partial charge in [-0.1, -0.05) is 26.8 Å². The van der Waals surface area contributed by atoms with Crippen LogP contribution in [0.2, 0.25) is 18.1 Å². The number of fused-ring (bicyclic) bond motifs is 1. The molecule has 0 radical (unpaired) electrons. The Bertz CT molecular complexity index is 1510. The van der Waals surface area contributed by atoms with Gasteiger partial charge in [0.1, 0.15) is 11.6 Å². The third-order valence-corrected chi connectivity index (χ3v) is 12.3. The van der Waals surface area contributed by atoms with E-state index in [0.717, 1.165) is 12.8 Å². The lowest BCUT2D eigenvalue weighted by atomic mass is 10.0. The van der Waals surface area contributed by atoms with Gasteiger partial charge in [0.25, 0.3) is 5.91 Å². The van der Waals surface area contributed by atoms with Crippen molar-refractivity contribution in [2.75, 3.05) is 24.8 Å². The number of nitrogens with zero attached hydrogens (tertiary/aromatic N) is 3. The molecular formula is C28H37F3N6O4Si. The number of ether oxygens (including phenoxy) is 1. The summed E-state index contributed by atoms with van der Waals surface area (Å²) in [5, 5.41) is 12.7. The average Bonchev–Trinajstić information content (AvgIpc) is 3.70. The summed E-state index contributed by atoms with van der Waals surface area (Å²) in [6, 6.07) is 4.37. The molecule has 1 saturated carbocycles. The zero-order valence-corrected chi connectivity index (χ0v) is 26.0. The SMILES string of the molecule is CNC(=O)c1cnc(NC(=O)C2CC2)cc1Nc1nn(C)c2ccc([C@H](O[Si](C)(C)C(C)(C)C)C(F)(F)F)c(OC)c12. The fraction of sp³-hybridized carbons (Fsp3) is 0.500. The molecule has 1 aliphatic carbocycles. The van der Waals surface area contributed by atoms with Gasteiger partial charge >= 0.3 is 6.18 Å². The summed E-state index contributed by atoms with van der Waals surface area (Å²) in [7, 11) is 1.52. The first kappa shape index (κ1) is 31.3. The monoisotopic (exact) mass is 606 g/mol. The summed E-state index contributed by atoms with van der Waals surface area (Å²) in [5.74, 6) is -0.389. The van der Waals surface area contributed by atoms with Crippen LogP contribution in [0.25, 0.3) is 10.9 Å². The zero-order valence-electron chi connectivity index (χ0n) is 25.0. The lowest BCUT2D eigenvalue weighted by Crippen LogP contribution is -2.44. The number of rotatable bonds is 9. The van der Waals surface area contributed by atoms with Gasteiger partial charge in [-0.2, -0.15) is 18.3 Å². The Hall–Kier alpha value is -3.65. The summed E-state index contributed by atoms with van der Waals surface area (Å²) >= 11 is 0. The van der Waals surface area contributed by atoms with Gasteiger partial charge in [-0.3, -0.25) is 14.3 Å². The van der Waals surface area contributed by atoms with Crippen LogP contribution in [0, 0.1) is 5.92 Å². The van der Waals surface area contributed by atoms with Crippen LogP contribution in [0.3, 0.4) is 0 Å². The number of carbonyl (C=O) groups is 2. The van der Waals surface area contributed by atoms with E-state index in [0.29, 0.717) is 5.52 Å². The predicted molar refractivity (Wildman–Crippen MR) is 157 cm³/mol. The molecule has 0 bridgehead atoms. The molecule has 1 aliphatic rings. The quantitative estimate of drug-likeness (QED) is 0.254. The molecule has 0 spiro atoms. The van der Waals surface area contributed by atoms with E-state index in [-0.39, 0.29) is 51.4 Å². The van der Waals surface area contributed by atoms with E-state index in [2.05, 4.69) is 26.0 Å². The third-order valence-electron chi connectivity index (χ3n) is 7.83. The fourth-order valence-electron chi connectivity index (χ4n) is 4.28. The van der Waals surface area contributed by atoms with Crippen LogP contribution in [0.4, 0.5) is 30.5 Å². The van der Waals surface area contributed by atoms with E-state index < -0.39 is 31.5 Å². The smallest absolute Gasteiger partial charge is 0.417 e. The second-order valence-corrected chi connectivity index (χ2v) is 16.7. The number of pyridine rings is 1. The molecule has 3 aromatic rings. The van der Waals surface area contributed by atoms with Gasteiger partial charge in [0.15, 0.2) is 20.2 Å². The number of anilines is 3. The molecule has 228 valence electrons. The van der Waals surface area contributed by atoms with Crippen molar-refractivity contribution in [3.05, 3.63) is 35.5 Å². The maximum atomic E-state index is 14.6.